The van der Waals surface area contributed by atoms with Crippen molar-refractivity contribution in [3.63, 3.8) is 0 Å². The van der Waals surface area contributed by atoms with Crippen LogP contribution in [0.25, 0.3) is 0 Å². The van der Waals surface area contributed by atoms with Crippen LogP contribution in [0.2, 0.25) is 0 Å². The third-order valence-electron chi connectivity index (χ3n) is 2.79. The first-order chi connectivity index (χ1) is 9.04. The van der Waals surface area contributed by atoms with E-state index in [0.717, 1.165) is 22.1 Å². The van der Waals surface area contributed by atoms with Crippen molar-refractivity contribution < 1.29 is 8.78 Å². The molecule has 4 heteroatoms. The van der Waals surface area contributed by atoms with Crippen molar-refractivity contribution in [2.24, 2.45) is 0 Å². The van der Waals surface area contributed by atoms with Crippen molar-refractivity contribution >= 4 is 21.6 Å². The van der Waals surface area contributed by atoms with E-state index in [2.05, 4.69) is 21.2 Å². The van der Waals surface area contributed by atoms with Gasteiger partial charge in [-0.1, -0.05) is 12.1 Å². The Balaban J connectivity index is 2.02. The molecule has 1 atom stereocenters. The first-order valence-corrected chi connectivity index (χ1v) is 6.80. The molecule has 2 rings (SSSR count). The minimum atomic E-state index is -0.278. The highest BCUT2D eigenvalue weighted by molar-refractivity contribution is 9.10. The van der Waals surface area contributed by atoms with Crippen molar-refractivity contribution in [1.29, 1.82) is 0 Å². The first kappa shape index (κ1) is 14.0. The molecular weight excluding hydrogens is 312 g/mol. The van der Waals surface area contributed by atoms with Gasteiger partial charge in [0.1, 0.15) is 11.6 Å². The summed E-state index contributed by atoms with van der Waals surface area (Å²) in [7, 11) is 0. The molecule has 0 aliphatic rings. The molecule has 2 aromatic carbocycles. The van der Waals surface area contributed by atoms with E-state index >= 15 is 0 Å². The Morgan fingerprint density at radius 1 is 1.05 bits per heavy atom. The Hall–Kier alpha value is -1.42. The number of benzene rings is 2. The van der Waals surface area contributed by atoms with Crippen LogP contribution in [0.3, 0.4) is 0 Å². The van der Waals surface area contributed by atoms with E-state index in [4.69, 9.17) is 0 Å². The maximum absolute atomic E-state index is 13.2. The van der Waals surface area contributed by atoms with Crippen LogP contribution in [-0.4, -0.2) is 6.04 Å². The topological polar surface area (TPSA) is 12.0 Å². The number of rotatable bonds is 4. The molecule has 0 aromatic heterocycles. The predicted octanol–water partition coefficient (Wildman–Crippen LogP) is 4.77. The Bertz CT molecular complexity index is 555. The van der Waals surface area contributed by atoms with Gasteiger partial charge in [0.2, 0.25) is 0 Å². The molecule has 100 valence electrons. The molecular formula is C15H14BrF2N. The van der Waals surface area contributed by atoms with Crippen LogP contribution in [0.15, 0.2) is 46.9 Å². The van der Waals surface area contributed by atoms with Gasteiger partial charge < -0.3 is 5.32 Å². The van der Waals surface area contributed by atoms with Crippen LogP contribution >= 0.6 is 15.9 Å². The van der Waals surface area contributed by atoms with Crippen LogP contribution in [-0.2, 0) is 6.42 Å². The molecule has 0 fully saturated rings. The second-order valence-electron chi connectivity index (χ2n) is 4.50. The van der Waals surface area contributed by atoms with E-state index in [1.807, 2.05) is 6.92 Å². The molecule has 2 aromatic rings. The number of halogens is 3. The van der Waals surface area contributed by atoms with E-state index < -0.39 is 0 Å². The van der Waals surface area contributed by atoms with Gasteiger partial charge in [-0.2, -0.15) is 0 Å². The number of hydrogen-bond donors (Lipinski definition) is 1. The molecule has 0 radical (unpaired) electrons. The van der Waals surface area contributed by atoms with Gasteiger partial charge >= 0.3 is 0 Å². The van der Waals surface area contributed by atoms with E-state index in [9.17, 15) is 8.78 Å². The van der Waals surface area contributed by atoms with Crippen molar-refractivity contribution in [2.45, 2.75) is 19.4 Å². The average molecular weight is 326 g/mol. The highest BCUT2D eigenvalue weighted by atomic mass is 79.9. The van der Waals surface area contributed by atoms with Crippen LogP contribution in [0.4, 0.5) is 14.5 Å². The van der Waals surface area contributed by atoms with Gasteiger partial charge in [-0.3, -0.25) is 0 Å². The van der Waals surface area contributed by atoms with E-state index in [-0.39, 0.29) is 17.7 Å². The molecule has 1 unspecified atom stereocenters. The van der Waals surface area contributed by atoms with Crippen molar-refractivity contribution in [3.8, 4) is 0 Å². The lowest BCUT2D eigenvalue weighted by Gasteiger charge is -2.16. The Kier molecular flexibility index (Phi) is 4.53. The molecule has 19 heavy (non-hydrogen) atoms. The smallest absolute Gasteiger partial charge is 0.125 e. The van der Waals surface area contributed by atoms with E-state index in [0.29, 0.717) is 0 Å². The fraction of sp³-hybridized carbons (Fsp3) is 0.200. The van der Waals surface area contributed by atoms with Gasteiger partial charge in [-0.25, -0.2) is 8.78 Å². The van der Waals surface area contributed by atoms with Crippen LogP contribution in [0.1, 0.15) is 12.5 Å². The van der Waals surface area contributed by atoms with Crippen LogP contribution in [0, 0.1) is 11.6 Å². The second kappa shape index (κ2) is 6.15. The van der Waals surface area contributed by atoms with Crippen molar-refractivity contribution in [2.75, 3.05) is 5.32 Å². The van der Waals surface area contributed by atoms with Gasteiger partial charge in [0, 0.05) is 10.5 Å². The lowest BCUT2D eigenvalue weighted by atomic mass is 10.1. The number of anilines is 1. The number of hydrogen-bond acceptors (Lipinski definition) is 1. The Labute approximate surface area is 119 Å². The summed E-state index contributed by atoms with van der Waals surface area (Å²) in [6.45, 7) is 2.00. The standard InChI is InChI=1S/C15H14BrF2N/c1-10(8-11-2-4-12(17)5-3-11)19-15-9-13(18)6-7-14(15)16/h2-7,9-10,19H,8H2,1H3. The van der Waals surface area contributed by atoms with Crippen LogP contribution in [0.5, 0.6) is 0 Å². The summed E-state index contributed by atoms with van der Waals surface area (Å²) in [4.78, 5) is 0. The maximum atomic E-state index is 13.2. The van der Waals surface area contributed by atoms with Gasteiger partial charge in [0.25, 0.3) is 0 Å². The normalized spacial score (nSPS) is 12.2. The molecule has 0 heterocycles. The zero-order chi connectivity index (χ0) is 13.8. The lowest BCUT2D eigenvalue weighted by Crippen LogP contribution is -2.18. The van der Waals surface area contributed by atoms with Crippen molar-refractivity contribution in [3.05, 3.63) is 64.1 Å². The van der Waals surface area contributed by atoms with Crippen molar-refractivity contribution in [1.82, 2.24) is 0 Å². The minimum Gasteiger partial charge on any atom is -0.381 e. The van der Waals surface area contributed by atoms with Gasteiger partial charge in [-0.05, 0) is 65.2 Å². The third kappa shape index (κ3) is 4.03. The summed E-state index contributed by atoms with van der Waals surface area (Å²) >= 11 is 3.38. The summed E-state index contributed by atoms with van der Waals surface area (Å²) in [5.74, 6) is -0.517. The summed E-state index contributed by atoms with van der Waals surface area (Å²) in [6, 6.07) is 11.0. The Morgan fingerprint density at radius 3 is 2.37 bits per heavy atom. The third-order valence-corrected chi connectivity index (χ3v) is 3.48. The largest absolute Gasteiger partial charge is 0.381 e. The second-order valence-corrected chi connectivity index (χ2v) is 5.35. The van der Waals surface area contributed by atoms with E-state index in [1.54, 1.807) is 18.2 Å². The van der Waals surface area contributed by atoms with Gasteiger partial charge in [0.05, 0.1) is 5.69 Å². The first-order valence-electron chi connectivity index (χ1n) is 6.00. The molecule has 1 N–H and O–H groups in total. The molecule has 0 bridgehead atoms. The summed E-state index contributed by atoms with van der Waals surface area (Å²) in [6.07, 6.45) is 0.739. The van der Waals surface area contributed by atoms with Crippen LogP contribution < -0.4 is 5.32 Å². The maximum Gasteiger partial charge on any atom is 0.125 e. The molecule has 0 spiro atoms. The average Bonchev–Trinajstić information content (AvgIpc) is 2.37. The van der Waals surface area contributed by atoms with Gasteiger partial charge in [-0.15, -0.1) is 0 Å². The summed E-state index contributed by atoms with van der Waals surface area (Å²) in [5.41, 5.74) is 1.75. The summed E-state index contributed by atoms with van der Waals surface area (Å²) in [5, 5.41) is 3.23. The molecule has 1 nitrogen and oxygen atoms in total. The molecule has 0 saturated heterocycles. The molecule has 0 aliphatic heterocycles. The zero-order valence-electron chi connectivity index (χ0n) is 10.5. The monoisotopic (exact) mass is 325 g/mol. The fourth-order valence-electron chi connectivity index (χ4n) is 1.90. The number of nitrogens with one attached hydrogen (secondary N) is 1. The molecule has 0 amide bonds. The quantitative estimate of drug-likeness (QED) is 0.853. The SMILES string of the molecule is CC(Cc1ccc(F)cc1)Nc1cc(F)ccc1Br. The predicted molar refractivity (Wildman–Crippen MR) is 77.3 cm³/mol. The summed E-state index contributed by atoms with van der Waals surface area (Å²) < 4.78 is 26.8. The molecule has 0 saturated carbocycles. The minimum absolute atomic E-state index is 0.114. The molecule has 0 aliphatic carbocycles. The Morgan fingerprint density at radius 2 is 1.68 bits per heavy atom. The van der Waals surface area contributed by atoms with E-state index in [1.165, 1.54) is 24.3 Å². The van der Waals surface area contributed by atoms with Gasteiger partial charge in [0.15, 0.2) is 0 Å². The lowest BCUT2D eigenvalue weighted by molar-refractivity contribution is 0.625. The highest BCUT2D eigenvalue weighted by Crippen LogP contribution is 2.24. The fourth-order valence-corrected chi connectivity index (χ4v) is 2.26. The zero-order valence-corrected chi connectivity index (χ0v) is 12.0. The highest BCUT2D eigenvalue weighted by Gasteiger charge is 2.07.